The summed E-state index contributed by atoms with van der Waals surface area (Å²) in [6.45, 7) is 0.833. The maximum Gasteiger partial charge on any atom is 0.466 e. The van der Waals surface area contributed by atoms with Crippen LogP contribution in [0.2, 0.25) is 0 Å². The minimum absolute atomic E-state index is 0. The van der Waals surface area contributed by atoms with Gasteiger partial charge in [0.15, 0.2) is 0 Å². The summed E-state index contributed by atoms with van der Waals surface area (Å²) < 4.78 is 8.88. The van der Waals surface area contributed by atoms with Gasteiger partial charge >= 0.3 is 7.82 Å². The molecular formula is C3H10ClO8P. The SMILES string of the molecule is CC(=O)O.Cl.O=CO.O=P(O)(O)O. The van der Waals surface area contributed by atoms with E-state index >= 15 is 0 Å². The van der Waals surface area contributed by atoms with Gasteiger partial charge in [0.2, 0.25) is 0 Å². The second kappa shape index (κ2) is 13.9. The Morgan fingerprint density at radius 3 is 1.31 bits per heavy atom. The predicted molar refractivity (Wildman–Crippen MR) is 43.5 cm³/mol. The summed E-state index contributed by atoms with van der Waals surface area (Å²) in [7, 11) is -4.64. The molecule has 0 aliphatic rings. The van der Waals surface area contributed by atoms with E-state index in [1.807, 2.05) is 0 Å². The minimum Gasteiger partial charge on any atom is -0.483 e. The molecular weight excluding hydrogens is 230 g/mol. The zero-order valence-corrected chi connectivity index (χ0v) is 8.10. The van der Waals surface area contributed by atoms with Gasteiger partial charge in [-0.15, -0.1) is 12.4 Å². The molecule has 0 aliphatic carbocycles. The van der Waals surface area contributed by atoms with Crippen LogP contribution >= 0.6 is 20.2 Å². The maximum absolute atomic E-state index is 9.00. The summed E-state index contributed by atoms with van der Waals surface area (Å²) in [6.07, 6.45) is 0. The van der Waals surface area contributed by atoms with Crippen molar-refractivity contribution in [3.8, 4) is 0 Å². The standard InChI is InChI=1S/C2H4O2.CH2O2.ClH.H3O4P/c1-2(3)4;2-1-3;;1-5(2,3)4/h1H3,(H,3,4);1H,(H,2,3);1H;(H3,1,2,3,4). The molecule has 5 N–H and O–H groups in total. The first kappa shape index (κ1) is 22.8. The second-order valence-corrected chi connectivity index (χ2v) is 2.16. The molecule has 0 aromatic rings. The van der Waals surface area contributed by atoms with Crippen LogP contribution in [-0.2, 0) is 14.2 Å². The number of phosphoric acid groups is 1. The van der Waals surface area contributed by atoms with E-state index < -0.39 is 13.8 Å². The van der Waals surface area contributed by atoms with Gasteiger partial charge in [-0.05, 0) is 0 Å². The molecule has 0 rings (SSSR count). The van der Waals surface area contributed by atoms with E-state index in [0.29, 0.717) is 0 Å². The highest BCUT2D eigenvalue weighted by Crippen LogP contribution is 2.25. The molecule has 0 unspecified atom stereocenters. The first-order valence-electron chi connectivity index (χ1n) is 2.20. The van der Waals surface area contributed by atoms with E-state index in [9.17, 15) is 0 Å². The van der Waals surface area contributed by atoms with Gasteiger partial charge < -0.3 is 24.9 Å². The van der Waals surface area contributed by atoms with Crippen molar-refractivity contribution in [2.75, 3.05) is 0 Å². The molecule has 0 atom stereocenters. The largest absolute Gasteiger partial charge is 0.483 e. The molecule has 0 bridgehead atoms. The normalized spacial score (nSPS) is 7.38. The van der Waals surface area contributed by atoms with Crippen molar-refractivity contribution in [3.63, 3.8) is 0 Å². The molecule has 0 aromatic heterocycles. The van der Waals surface area contributed by atoms with Crippen LogP contribution in [0.4, 0.5) is 0 Å². The van der Waals surface area contributed by atoms with E-state index in [2.05, 4.69) is 0 Å². The van der Waals surface area contributed by atoms with Crippen molar-refractivity contribution in [2.45, 2.75) is 6.92 Å². The Kier molecular flexibility index (Phi) is 24.4. The van der Waals surface area contributed by atoms with Crippen LogP contribution < -0.4 is 0 Å². The summed E-state index contributed by atoms with van der Waals surface area (Å²) in [6, 6.07) is 0. The monoisotopic (exact) mass is 240 g/mol. The number of hydrogen-bond donors (Lipinski definition) is 5. The highest BCUT2D eigenvalue weighted by molar-refractivity contribution is 7.45. The van der Waals surface area contributed by atoms with Gasteiger partial charge in [-0.3, -0.25) is 9.59 Å². The van der Waals surface area contributed by atoms with Gasteiger partial charge in [0.05, 0.1) is 0 Å². The average Bonchev–Trinajstić information content (AvgIpc) is 1.56. The lowest BCUT2D eigenvalue weighted by molar-refractivity contribution is -0.134. The van der Waals surface area contributed by atoms with Crippen molar-refractivity contribution in [3.05, 3.63) is 0 Å². The zero-order chi connectivity index (χ0) is 10.8. The molecule has 0 saturated heterocycles. The number of carboxylic acids is 1. The topological polar surface area (TPSA) is 152 Å². The fraction of sp³-hybridized carbons (Fsp3) is 0.333. The van der Waals surface area contributed by atoms with Gasteiger partial charge in [0.1, 0.15) is 0 Å². The van der Waals surface area contributed by atoms with Crippen LogP contribution in [0.25, 0.3) is 0 Å². The molecule has 0 spiro atoms. The summed E-state index contributed by atoms with van der Waals surface area (Å²) in [4.78, 5) is 38.9. The lowest BCUT2D eigenvalue weighted by Crippen LogP contribution is -1.78. The summed E-state index contributed by atoms with van der Waals surface area (Å²) in [5.74, 6) is -0.833. The zero-order valence-electron chi connectivity index (χ0n) is 6.39. The molecule has 0 saturated carbocycles. The molecule has 0 aromatic carbocycles. The van der Waals surface area contributed by atoms with Crippen molar-refractivity contribution in [1.82, 2.24) is 0 Å². The number of aliphatic carboxylic acids is 1. The third-order valence-electron chi connectivity index (χ3n) is 0. The van der Waals surface area contributed by atoms with E-state index in [0.717, 1.165) is 6.92 Å². The maximum atomic E-state index is 9.00. The van der Waals surface area contributed by atoms with Crippen LogP contribution in [0.15, 0.2) is 0 Å². The van der Waals surface area contributed by atoms with Gasteiger partial charge in [-0.25, -0.2) is 4.57 Å². The molecule has 0 heterocycles. The van der Waals surface area contributed by atoms with Gasteiger partial charge in [0.25, 0.3) is 12.4 Å². The van der Waals surface area contributed by atoms with Gasteiger partial charge in [-0.2, -0.15) is 0 Å². The van der Waals surface area contributed by atoms with Crippen molar-refractivity contribution in [2.24, 2.45) is 0 Å². The molecule has 0 radical (unpaired) electrons. The second-order valence-electron chi connectivity index (χ2n) is 1.14. The van der Waals surface area contributed by atoms with Crippen LogP contribution in [0.5, 0.6) is 0 Å². The summed E-state index contributed by atoms with van der Waals surface area (Å²) in [5.41, 5.74) is 0. The molecule has 0 amide bonds. The highest BCUT2D eigenvalue weighted by Gasteiger charge is 2.00. The number of halogens is 1. The lowest BCUT2D eigenvalue weighted by Gasteiger charge is -1.82. The van der Waals surface area contributed by atoms with Gasteiger partial charge in [0, 0.05) is 6.92 Å². The molecule has 0 aliphatic heterocycles. The third-order valence-corrected chi connectivity index (χ3v) is 0. The lowest BCUT2D eigenvalue weighted by atomic mass is 10.9. The molecule has 8 nitrogen and oxygen atoms in total. The first-order valence-corrected chi connectivity index (χ1v) is 3.77. The quantitative estimate of drug-likeness (QED) is 0.275. The first-order chi connectivity index (χ1) is 5.15. The van der Waals surface area contributed by atoms with Crippen LogP contribution in [-0.4, -0.2) is 37.3 Å². The third kappa shape index (κ3) is 2270. The van der Waals surface area contributed by atoms with Crippen molar-refractivity contribution >= 4 is 32.7 Å². The highest BCUT2D eigenvalue weighted by atomic mass is 35.5. The number of hydrogen-bond acceptors (Lipinski definition) is 3. The van der Waals surface area contributed by atoms with Crippen LogP contribution in [0, 0.1) is 0 Å². The smallest absolute Gasteiger partial charge is 0.466 e. The fourth-order valence-corrected chi connectivity index (χ4v) is 0. The Labute approximate surface area is 79.5 Å². The van der Waals surface area contributed by atoms with Crippen molar-refractivity contribution in [1.29, 1.82) is 0 Å². The molecule has 82 valence electrons. The van der Waals surface area contributed by atoms with Gasteiger partial charge in [-0.1, -0.05) is 0 Å². The average molecular weight is 241 g/mol. The molecule has 13 heavy (non-hydrogen) atoms. The molecule has 0 fully saturated rings. The Morgan fingerprint density at radius 2 is 1.31 bits per heavy atom. The van der Waals surface area contributed by atoms with E-state index in [4.69, 9.17) is 39.0 Å². The number of carbonyl (C=O) groups is 2. The Bertz CT molecular complexity index is 151. The molecule has 10 heteroatoms. The Morgan fingerprint density at radius 1 is 1.31 bits per heavy atom. The van der Waals surface area contributed by atoms with Crippen molar-refractivity contribution < 1.29 is 39.0 Å². The summed E-state index contributed by atoms with van der Waals surface area (Å²) >= 11 is 0. The Hall–Kier alpha value is -0.660. The minimum atomic E-state index is -4.64. The predicted octanol–water partition coefficient (Wildman–Crippen LogP) is -0.715. The Balaban J connectivity index is -0.0000000465. The number of carboxylic acid groups (broad SMARTS) is 2. The van der Waals surface area contributed by atoms with E-state index in [-0.39, 0.29) is 18.9 Å². The summed E-state index contributed by atoms with van der Waals surface area (Å²) in [5, 5.41) is 14.3. The van der Waals surface area contributed by atoms with E-state index in [1.165, 1.54) is 0 Å². The van der Waals surface area contributed by atoms with Crippen LogP contribution in [0.1, 0.15) is 6.92 Å². The van der Waals surface area contributed by atoms with Crippen LogP contribution in [0.3, 0.4) is 0 Å². The fourth-order valence-electron chi connectivity index (χ4n) is 0. The number of rotatable bonds is 0. The van der Waals surface area contributed by atoms with E-state index in [1.54, 1.807) is 0 Å².